The summed E-state index contributed by atoms with van der Waals surface area (Å²) < 4.78 is 39.0. The normalized spacial score (nSPS) is 10.9. The van der Waals surface area contributed by atoms with E-state index in [0.29, 0.717) is 31.0 Å². The molecular formula is C17H19F3IN3. The molecule has 0 amide bonds. The summed E-state index contributed by atoms with van der Waals surface area (Å²) in [5, 5.41) is 6.14. The highest BCUT2D eigenvalue weighted by atomic mass is 127. The van der Waals surface area contributed by atoms with Crippen LogP contribution >= 0.6 is 24.0 Å². The maximum Gasteiger partial charge on any atom is 0.191 e. The molecule has 0 saturated heterocycles. The van der Waals surface area contributed by atoms with Crippen LogP contribution in [0.3, 0.4) is 0 Å². The summed E-state index contributed by atoms with van der Waals surface area (Å²) in [4.78, 5) is 4.06. The Kier molecular flexibility index (Phi) is 8.59. The van der Waals surface area contributed by atoms with Crippen molar-refractivity contribution in [2.45, 2.75) is 13.0 Å². The third-order valence-electron chi connectivity index (χ3n) is 3.23. The van der Waals surface area contributed by atoms with E-state index in [0.717, 1.165) is 11.6 Å². The highest BCUT2D eigenvalue weighted by Crippen LogP contribution is 2.08. The first-order valence-electron chi connectivity index (χ1n) is 7.21. The first kappa shape index (κ1) is 20.3. The molecule has 2 aromatic rings. The van der Waals surface area contributed by atoms with Gasteiger partial charge in [0.15, 0.2) is 5.96 Å². The van der Waals surface area contributed by atoms with E-state index >= 15 is 0 Å². The number of aliphatic imine (C=N–C) groups is 1. The summed E-state index contributed by atoms with van der Waals surface area (Å²) in [6, 6.07) is 9.62. The molecule has 0 saturated carbocycles. The Hall–Kier alpha value is -1.77. The van der Waals surface area contributed by atoms with Crippen LogP contribution in [0.1, 0.15) is 11.1 Å². The summed E-state index contributed by atoms with van der Waals surface area (Å²) in [5.74, 6) is -0.887. The van der Waals surface area contributed by atoms with Gasteiger partial charge in [-0.1, -0.05) is 12.1 Å². The van der Waals surface area contributed by atoms with Gasteiger partial charge >= 0.3 is 0 Å². The van der Waals surface area contributed by atoms with E-state index in [4.69, 9.17) is 0 Å². The van der Waals surface area contributed by atoms with Gasteiger partial charge < -0.3 is 10.6 Å². The minimum absolute atomic E-state index is 0. The Labute approximate surface area is 156 Å². The van der Waals surface area contributed by atoms with Gasteiger partial charge in [0, 0.05) is 26.2 Å². The van der Waals surface area contributed by atoms with E-state index in [1.54, 1.807) is 19.2 Å². The van der Waals surface area contributed by atoms with Gasteiger partial charge in [0.1, 0.15) is 17.5 Å². The second-order valence-corrected chi connectivity index (χ2v) is 5.01. The maximum atomic E-state index is 13.1. The van der Waals surface area contributed by atoms with Crippen LogP contribution in [0.4, 0.5) is 13.2 Å². The molecule has 0 bridgehead atoms. The van der Waals surface area contributed by atoms with Gasteiger partial charge in [0.2, 0.25) is 0 Å². The van der Waals surface area contributed by atoms with Gasteiger partial charge in [0.05, 0.1) is 0 Å². The number of nitrogens with zero attached hydrogens (tertiary/aromatic N) is 1. The van der Waals surface area contributed by atoms with Gasteiger partial charge in [0.25, 0.3) is 0 Å². The van der Waals surface area contributed by atoms with Gasteiger partial charge in [-0.25, -0.2) is 13.2 Å². The monoisotopic (exact) mass is 449 g/mol. The van der Waals surface area contributed by atoms with Crippen LogP contribution in [-0.2, 0) is 13.0 Å². The molecule has 0 aliphatic heterocycles. The first-order chi connectivity index (χ1) is 11.1. The van der Waals surface area contributed by atoms with Gasteiger partial charge in [-0.3, -0.25) is 4.99 Å². The van der Waals surface area contributed by atoms with Crippen LogP contribution in [0.25, 0.3) is 0 Å². The molecule has 130 valence electrons. The van der Waals surface area contributed by atoms with E-state index in [2.05, 4.69) is 15.6 Å². The third-order valence-corrected chi connectivity index (χ3v) is 3.23. The van der Waals surface area contributed by atoms with E-state index in [-0.39, 0.29) is 29.8 Å². The fourth-order valence-electron chi connectivity index (χ4n) is 2.09. The smallest absolute Gasteiger partial charge is 0.191 e. The van der Waals surface area contributed by atoms with Crippen LogP contribution < -0.4 is 10.6 Å². The Bertz CT molecular complexity index is 655. The second-order valence-electron chi connectivity index (χ2n) is 5.01. The van der Waals surface area contributed by atoms with Crippen LogP contribution in [0.2, 0.25) is 0 Å². The summed E-state index contributed by atoms with van der Waals surface area (Å²) in [5.41, 5.74) is 1.49. The van der Waals surface area contributed by atoms with Gasteiger partial charge in [-0.15, -0.1) is 24.0 Å². The molecule has 0 aliphatic carbocycles. The van der Waals surface area contributed by atoms with Crippen molar-refractivity contribution in [3.8, 4) is 0 Å². The lowest BCUT2D eigenvalue weighted by molar-refractivity contribution is 0.579. The van der Waals surface area contributed by atoms with Crippen molar-refractivity contribution in [2.24, 2.45) is 4.99 Å². The summed E-state index contributed by atoms with van der Waals surface area (Å²) >= 11 is 0. The van der Waals surface area contributed by atoms with Crippen molar-refractivity contribution in [3.63, 3.8) is 0 Å². The molecule has 7 heteroatoms. The average molecular weight is 449 g/mol. The predicted octanol–water partition coefficient (Wildman–Crippen LogP) is 3.63. The molecule has 0 aliphatic rings. The highest BCUT2D eigenvalue weighted by molar-refractivity contribution is 14.0. The largest absolute Gasteiger partial charge is 0.356 e. The standard InChI is InChI=1S/C17H18F3N3.HI/c1-21-17(23-11-12-2-4-14(18)5-3-12)22-7-6-13-8-15(19)10-16(20)9-13;/h2-5,8-10H,6-7,11H2,1H3,(H2,21,22,23);1H. The molecular weight excluding hydrogens is 430 g/mol. The zero-order valence-corrected chi connectivity index (χ0v) is 15.5. The number of hydrogen-bond donors (Lipinski definition) is 2. The van der Waals surface area contributed by atoms with Crippen molar-refractivity contribution in [3.05, 3.63) is 71.0 Å². The molecule has 2 aromatic carbocycles. The lowest BCUT2D eigenvalue weighted by Crippen LogP contribution is -2.37. The number of guanidine groups is 1. The van der Waals surface area contributed by atoms with E-state index in [1.165, 1.54) is 24.3 Å². The highest BCUT2D eigenvalue weighted by Gasteiger charge is 2.02. The summed E-state index contributed by atoms with van der Waals surface area (Å²) in [7, 11) is 1.63. The predicted molar refractivity (Wildman–Crippen MR) is 100 cm³/mol. The Balaban J connectivity index is 0.00000288. The van der Waals surface area contributed by atoms with Crippen molar-refractivity contribution < 1.29 is 13.2 Å². The van der Waals surface area contributed by atoms with Crippen LogP contribution in [0, 0.1) is 17.5 Å². The number of benzene rings is 2. The van der Waals surface area contributed by atoms with Crippen molar-refractivity contribution >= 4 is 29.9 Å². The number of halogens is 4. The minimum atomic E-state index is -0.584. The molecule has 24 heavy (non-hydrogen) atoms. The van der Waals surface area contributed by atoms with Crippen molar-refractivity contribution in [1.82, 2.24) is 10.6 Å². The molecule has 0 atom stereocenters. The lowest BCUT2D eigenvalue weighted by atomic mass is 10.1. The molecule has 0 spiro atoms. The topological polar surface area (TPSA) is 36.4 Å². The van der Waals surface area contributed by atoms with Crippen LogP contribution in [0.15, 0.2) is 47.5 Å². The van der Waals surface area contributed by atoms with E-state index in [9.17, 15) is 13.2 Å². The Morgan fingerprint density at radius 2 is 1.50 bits per heavy atom. The lowest BCUT2D eigenvalue weighted by Gasteiger charge is -2.12. The van der Waals surface area contributed by atoms with E-state index < -0.39 is 11.6 Å². The molecule has 2 N–H and O–H groups in total. The molecule has 0 unspecified atom stereocenters. The average Bonchev–Trinajstić information content (AvgIpc) is 2.51. The summed E-state index contributed by atoms with van der Waals surface area (Å²) in [6.07, 6.45) is 0.464. The molecule has 0 heterocycles. The molecule has 2 rings (SSSR count). The van der Waals surface area contributed by atoms with Crippen molar-refractivity contribution in [2.75, 3.05) is 13.6 Å². The fourth-order valence-corrected chi connectivity index (χ4v) is 2.09. The zero-order chi connectivity index (χ0) is 16.7. The van der Waals surface area contributed by atoms with Crippen molar-refractivity contribution in [1.29, 1.82) is 0 Å². The number of hydrogen-bond acceptors (Lipinski definition) is 1. The zero-order valence-electron chi connectivity index (χ0n) is 13.2. The number of nitrogens with one attached hydrogen (secondary N) is 2. The van der Waals surface area contributed by atoms with Crippen LogP contribution in [-0.4, -0.2) is 19.6 Å². The maximum absolute atomic E-state index is 13.1. The third kappa shape index (κ3) is 6.77. The van der Waals surface area contributed by atoms with E-state index in [1.807, 2.05) is 0 Å². The Morgan fingerprint density at radius 1 is 0.875 bits per heavy atom. The minimum Gasteiger partial charge on any atom is -0.356 e. The quantitative estimate of drug-likeness (QED) is 0.416. The molecule has 0 aromatic heterocycles. The molecule has 0 fully saturated rings. The SMILES string of the molecule is CN=C(NCCc1cc(F)cc(F)c1)NCc1ccc(F)cc1.I. The molecule has 3 nitrogen and oxygen atoms in total. The second kappa shape index (κ2) is 10.2. The molecule has 0 radical (unpaired) electrons. The fraction of sp³-hybridized carbons (Fsp3) is 0.235. The Morgan fingerprint density at radius 3 is 2.08 bits per heavy atom. The summed E-state index contributed by atoms with van der Waals surface area (Å²) in [6.45, 7) is 0.973. The van der Waals surface area contributed by atoms with Crippen LogP contribution in [0.5, 0.6) is 0 Å². The van der Waals surface area contributed by atoms with Gasteiger partial charge in [-0.2, -0.15) is 0 Å². The van der Waals surface area contributed by atoms with Gasteiger partial charge in [-0.05, 0) is 41.8 Å². The first-order valence-corrected chi connectivity index (χ1v) is 7.21. The number of rotatable bonds is 5.